The standard InChI is InChI=1S/C18H16BrN3O5S/c1-26-17(25)12-4-2-11(3-5-12)16(24)20-18(28)22-21-15(23)10-27-14-8-6-13(19)7-9-14/h2-9H,10H2,1H3,(H,21,23)(H2,20,22,24,28). The average Bonchev–Trinajstić information content (AvgIpc) is 2.71. The highest BCUT2D eigenvalue weighted by Gasteiger charge is 2.11. The Morgan fingerprint density at radius 1 is 0.964 bits per heavy atom. The lowest BCUT2D eigenvalue weighted by atomic mass is 10.1. The Hall–Kier alpha value is -2.98. The van der Waals surface area contributed by atoms with Gasteiger partial charge in [-0.25, -0.2) is 4.79 Å². The second kappa shape index (κ2) is 10.4. The molecule has 146 valence electrons. The van der Waals surface area contributed by atoms with Crippen molar-refractivity contribution >= 4 is 51.0 Å². The molecular weight excluding hydrogens is 450 g/mol. The number of amides is 2. The summed E-state index contributed by atoms with van der Waals surface area (Å²) in [6.07, 6.45) is 0. The Kier molecular flexibility index (Phi) is 7.90. The molecule has 10 heteroatoms. The number of rotatable bonds is 5. The van der Waals surface area contributed by atoms with E-state index in [2.05, 4.69) is 36.8 Å². The molecule has 28 heavy (non-hydrogen) atoms. The molecule has 0 bridgehead atoms. The minimum Gasteiger partial charge on any atom is -0.484 e. The van der Waals surface area contributed by atoms with Crippen LogP contribution in [-0.2, 0) is 9.53 Å². The minimum absolute atomic E-state index is 0.0981. The van der Waals surface area contributed by atoms with Crippen LogP contribution in [0.2, 0.25) is 0 Å². The van der Waals surface area contributed by atoms with E-state index in [-0.39, 0.29) is 17.3 Å². The Morgan fingerprint density at radius 3 is 2.18 bits per heavy atom. The van der Waals surface area contributed by atoms with Crippen LogP contribution in [0.3, 0.4) is 0 Å². The summed E-state index contributed by atoms with van der Waals surface area (Å²) in [6.45, 7) is -0.236. The fraction of sp³-hybridized carbons (Fsp3) is 0.111. The van der Waals surface area contributed by atoms with Crippen molar-refractivity contribution in [1.82, 2.24) is 16.2 Å². The summed E-state index contributed by atoms with van der Waals surface area (Å²) < 4.78 is 10.8. The van der Waals surface area contributed by atoms with E-state index in [0.717, 1.165) is 4.47 Å². The van der Waals surface area contributed by atoms with E-state index in [1.54, 1.807) is 24.3 Å². The fourth-order valence-corrected chi connectivity index (χ4v) is 2.33. The highest BCUT2D eigenvalue weighted by Crippen LogP contribution is 2.15. The molecule has 0 atom stereocenters. The van der Waals surface area contributed by atoms with Gasteiger partial charge in [0.25, 0.3) is 11.8 Å². The van der Waals surface area contributed by atoms with Crippen molar-refractivity contribution in [3.8, 4) is 5.75 Å². The van der Waals surface area contributed by atoms with Gasteiger partial charge in [0.15, 0.2) is 11.7 Å². The number of esters is 1. The van der Waals surface area contributed by atoms with Crippen LogP contribution in [0.25, 0.3) is 0 Å². The Balaban J connectivity index is 1.75. The molecule has 2 aromatic rings. The molecular formula is C18H16BrN3O5S. The number of benzene rings is 2. The van der Waals surface area contributed by atoms with Gasteiger partial charge in [0.2, 0.25) is 0 Å². The van der Waals surface area contributed by atoms with Gasteiger partial charge in [-0.3, -0.25) is 25.8 Å². The van der Waals surface area contributed by atoms with Crippen molar-refractivity contribution in [2.75, 3.05) is 13.7 Å². The van der Waals surface area contributed by atoms with Crippen molar-refractivity contribution < 1.29 is 23.9 Å². The normalized spacial score (nSPS) is 9.79. The number of nitrogens with one attached hydrogen (secondary N) is 3. The van der Waals surface area contributed by atoms with Crippen molar-refractivity contribution in [3.05, 3.63) is 64.1 Å². The SMILES string of the molecule is COC(=O)c1ccc(C(=O)NC(=S)NNC(=O)COc2ccc(Br)cc2)cc1. The zero-order valence-corrected chi connectivity index (χ0v) is 17.1. The lowest BCUT2D eigenvalue weighted by Gasteiger charge is -2.11. The molecule has 0 saturated carbocycles. The van der Waals surface area contributed by atoms with Gasteiger partial charge in [-0.05, 0) is 60.7 Å². The lowest BCUT2D eigenvalue weighted by Crippen LogP contribution is -2.49. The van der Waals surface area contributed by atoms with E-state index in [1.807, 2.05) is 0 Å². The van der Waals surface area contributed by atoms with Gasteiger partial charge in [0.1, 0.15) is 5.75 Å². The van der Waals surface area contributed by atoms with Gasteiger partial charge in [-0.1, -0.05) is 15.9 Å². The van der Waals surface area contributed by atoms with Gasteiger partial charge in [-0.15, -0.1) is 0 Å². The highest BCUT2D eigenvalue weighted by molar-refractivity contribution is 9.10. The van der Waals surface area contributed by atoms with Crippen LogP contribution in [0.5, 0.6) is 5.75 Å². The van der Waals surface area contributed by atoms with Crippen molar-refractivity contribution in [2.45, 2.75) is 0 Å². The summed E-state index contributed by atoms with van der Waals surface area (Å²) in [6, 6.07) is 12.8. The smallest absolute Gasteiger partial charge is 0.337 e. The van der Waals surface area contributed by atoms with E-state index < -0.39 is 17.8 Å². The zero-order chi connectivity index (χ0) is 20.5. The Bertz CT molecular complexity index is 872. The van der Waals surface area contributed by atoms with Gasteiger partial charge in [-0.2, -0.15) is 0 Å². The first-order valence-electron chi connectivity index (χ1n) is 7.86. The van der Waals surface area contributed by atoms with Crippen molar-refractivity contribution in [3.63, 3.8) is 0 Å². The number of ether oxygens (including phenoxy) is 2. The summed E-state index contributed by atoms with van der Waals surface area (Å²) >= 11 is 8.25. The molecule has 0 unspecified atom stereocenters. The monoisotopic (exact) mass is 465 g/mol. The highest BCUT2D eigenvalue weighted by atomic mass is 79.9. The zero-order valence-electron chi connectivity index (χ0n) is 14.7. The van der Waals surface area contributed by atoms with E-state index in [4.69, 9.17) is 17.0 Å². The van der Waals surface area contributed by atoms with Gasteiger partial charge in [0, 0.05) is 10.0 Å². The van der Waals surface area contributed by atoms with E-state index in [9.17, 15) is 14.4 Å². The van der Waals surface area contributed by atoms with Crippen LogP contribution in [0.15, 0.2) is 53.0 Å². The molecule has 8 nitrogen and oxygen atoms in total. The molecule has 2 rings (SSSR count). The molecule has 0 aromatic heterocycles. The number of carbonyl (C=O) groups is 3. The van der Waals surface area contributed by atoms with Crippen LogP contribution < -0.4 is 20.9 Å². The number of hydrogen-bond acceptors (Lipinski definition) is 6. The molecule has 0 radical (unpaired) electrons. The van der Waals surface area contributed by atoms with Crippen molar-refractivity contribution in [1.29, 1.82) is 0 Å². The van der Waals surface area contributed by atoms with Gasteiger partial charge in [0.05, 0.1) is 12.7 Å². The maximum Gasteiger partial charge on any atom is 0.337 e. The third kappa shape index (κ3) is 6.63. The number of halogens is 1. The quantitative estimate of drug-likeness (QED) is 0.352. The van der Waals surface area contributed by atoms with E-state index in [0.29, 0.717) is 11.3 Å². The molecule has 3 N–H and O–H groups in total. The molecule has 2 aromatic carbocycles. The summed E-state index contributed by atoms with van der Waals surface area (Å²) in [5.74, 6) is -0.960. The second-order valence-electron chi connectivity index (χ2n) is 5.27. The van der Waals surface area contributed by atoms with Crippen LogP contribution in [0.1, 0.15) is 20.7 Å². The summed E-state index contributed by atoms with van der Waals surface area (Å²) in [5.41, 5.74) is 5.31. The first kappa shape index (κ1) is 21.3. The van der Waals surface area contributed by atoms with E-state index in [1.165, 1.54) is 31.4 Å². The summed E-state index contributed by atoms with van der Waals surface area (Å²) in [5, 5.41) is 2.30. The summed E-state index contributed by atoms with van der Waals surface area (Å²) in [4.78, 5) is 35.2. The van der Waals surface area contributed by atoms with Gasteiger partial charge < -0.3 is 9.47 Å². The lowest BCUT2D eigenvalue weighted by molar-refractivity contribution is -0.123. The molecule has 0 aliphatic heterocycles. The predicted octanol–water partition coefficient (Wildman–Crippen LogP) is 1.95. The topological polar surface area (TPSA) is 106 Å². The molecule has 0 saturated heterocycles. The number of hydrogen-bond donors (Lipinski definition) is 3. The van der Waals surface area contributed by atoms with Crippen LogP contribution in [-0.4, -0.2) is 36.6 Å². The molecule has 0 heterocycles. The molecule has 0 aliphatic rings. The first-order chi connectivity index (χ1) is 13.4. The maximum atomic E-state index is 12.1. The largest absolute Gasteiger partial charge is 0.484 e. The third-order valence-corrected chi connectivity index (χ3v) is 4.03. The first-order valence-corrected chi connectivity index (χ1v) is 9.06. The van der Waals surface area contributed by atoms with Gasteiger partial charge >= 0.3 is 5.97 Å². The number of thiocarbonyl (C=S) groups is 1. The fourth-order valence-electron chi connectivity index (χ4n) is 1.92. The number of hydrazine groups is 1. The molecule has 0 aliphatic carbocycles. The third-order valence-electron chi connectivity index (χ3n) is 3.29. The number of carbonyl (C=O) groups excluding carboxylic acids is 3. The van der Waals surface area contributed by atoms with E-state index >= 15 is 0 Å². The van der Waals surface area contributed by atoms with Crippen LogP contribution in [0, 0.1) is 0 Å². The Labute approximate surface area is 174 Å². The summed E-state index contributed by atoms with van der Waals surface area (Å²) in [7, 11) is 1.27. The minimum atomic E-state index is -0.505. The second-order valence-corrected chi connectivity index (χ2v) is 6.59. The molecule has 0 spiro atoms. The average molecular weight is 466 g/mol. The maximum absolute atomic E-state index is 12.1. The van der Waals surface area contributed by atoms with Crippen molar-refractivity contribution in [2.24, 2.45) is 0 Å². The molecule has 0 fully saturated rings. The Morgan fingerprint density at radius 2 is 1.57 bits per heavy atom. The van der Waals surface area contributed by atoms with Crippen LogP contribution >= 0.6 is 28.1 Å². The molecule has 2 amide bonds. The number of methoxy groups -OCH3 is 1. The van der Waals surface area contributed by atoms with Crippen LogP contribution in [0.4, 0.5) is 0 Å². The predicted molar refractivity (Wildman–Crippen MR) is 109 cm³/mol.